The topological polar surface area (TPSA) is 83.1 Å². The highest BCUT2D eigenvalue weighted by Crippen LogP contribution is 2.34. The van der Waals surface area contributed by atoms with Crippen molar-refractivity contribution in [3.8, 4) is 11.9 Å². The molecule has 0 spiro atoms. The molecule has 0 saturated heterocycles. The number of pyridine rings is 1. The lowest BCUT2D eigenvalue weighted by molar-refractivity contribution is 0.103. The summed E-state index contributed by atoms with van der Waals surface area (Å²) in [6, 6.07) is 8.76. The summed E-state index contributed by atoms with van der Waals surface area (Å²) >= 11 is 0. The maximum absolute atomic E-state index is 13.0. The van der Waals surface area contributed by atoms with Crippen molar-refractivity contribution in [3.05, 3.63) is 62.4 Å². The van der Waals surface area contributed by atoms with E-state index in [1.54, 1.807) is 19.1 Å². The van der Waals surface area contributed by atoms with E-state index in [0.717, 1.165) is 31.2 Å². The molecule has 5 heteroatoms. The number of aromatic hydroxyl groups is 1. The minimum absolute atomic E-state index is 0.0481. The number of nitriles is 1. The molecule has 1 fully saturated rings. The number of hydrogen-bond donors (Lipinski definition) is 1. The average Bonchev–Trinajstić information content (AvgIpc) is 3.10. The van der Waals surface area contributed by atoms with Gasteiger partial charge in [0.1, 0.15) is 11.6 Å². The Bertz CT molecular complexity index is 927. The Morgan fingerprint density at radius 2 is 1.80 bits per heavy atom. The van der Waals surface area contributed by atoms with Crippen molar-refractivity contribution in [3.63, 3.8) is 0 Å². The number of aromatic nitrogens is 1. The van der Waals surface area contributed by atoms with Crippen LogP contribution < -0.4 is 5.56 Å². The van der Waals surface area contributed by atoms with Crippen LogP contribution in [-0.4, -0.2) is 15.5 Å². The second-order valence-corrected chi connectivity index (χ2v) is 6.62. The molecule has 0 bridgehead atoms. The van der Waals surface area contributed by atoms with Crippen LogP contribution in [0.1, 0.15) is 64.3 Å². The van der Waals surface area contributed by atoms with Gasteiger partial charge in [0.15, 0.2) is 5.78 Å². The lowest BCUT2D eigenvalue weighted by Crippen LogP contribution is -2.29. The molecule has 1 aliphatic rings. The standard InChI is InChI=1S/C20H20N2O3/c1-12-7-9-14(10-8-12)18(23)17-13(2)16(11-21)19(24)22(20(17)25)15-5-3-4-6-15/h7-10,15,25H,3-6H2,1-2H3. The molecule has 1 heterocycles. The van der Waals surface area contributed by atoms with Crippen molar-refractivity contribution in [2.24, 2.45) is 0 Å². The van der Waals surface area contributed by atoms with Gasteiger partial charge in [-0.1, -0.05) is 42.7 Å². The van der Waals surface area contributed by atoms with Gasteiger partial charge >= 0.3 is 0 Å². The molecule has 1 aromatic heterocycles. The fraction of sp³-hybridized carbons (Fsp3) is 0.350. The number of rotatable bonds is 3. The zero-order valence-corrected chi connectivity index (χ0v) is 14.4. The van der Waals surface area contributed by atoms with E-state index < -0.39 is 5.56 Å². The van der Waals surface area contributed by atoms with Gasteiger partial charge in [-0.15, -0.1) is 0 Å². The first kappa shape index (κ1) is 17.0. The minimum atomic E-state index is -0.509. The Hall–Kier alpha value is -2.87. The van der Waals surface area contributed by atoms with Gasteiger partial charge in [-0.3, -0.25) is 14.2 Å². The van der Waals surface area contributed by atoms with Crippen LogP contribution in [0.4, 0.5) is 0 Å². The molecule has 0 radical (unpaired) electrons. The predicted octanol–water partition coefficient (Wildman–Crippen LogP) is 3.39. The van der Waals surface area contributed by atoms with Crippen LogP contribution in [0.3, 0.4) is 0 Å². The molecule has 1 N–H and O–H groups in total. The monoisotopic (exact) mass is 336 g/mol. The van der Waals surface area contributed by atoms with Gasteiger partial charge in [0, 0.05) is 11.6 Å². The minimum Gasteiger partial charge on any atom is -0.494 e. The van der Waals surface area contributed by atoms with Gasteiger partial charge in [-0.2, -0.15) is 5.26 Å². The number of ketones is 1. The summed E-state index contributed by atoms with van der Waals surface area (Å²) in [5, 5.41) is 20.2. The first-order valence-electron chi connectivity index (χ1n) is 8.45. The van der Waals surface area contributed by atoms with E-state index in [9.17, 15) is 20.0 Å². The smallest absolute Gasteiger partial charge is 0.271 e. The van der Waals surface area contributed by atoms with Crippen molar-refractivity contribution in [1.29, 1.82) is 5.26 Å². The normalized spacial score (nSPS) is 14.4. The molecule has 0 atom stereocenters. The number of nitrogens with zero attached hydrogens (tertiary/aromatic N) is 2. The van der Waals surface area contributed by atoms with Crippen molar-refractivity contribution >= 4 is 5.78 Å². The molecule has 5 nitrogen and oxygen atoms in total. The number of carbonyl (C=O) groups excluding carboxylic acids is 1. The van der Waals surface area contributed by atoms with Crippen LogP contribution in [0.25, 0.3) is 0 Å². The van der Waals surface area contributed by atoms with Gasteiger partial charge < -0.3 is 5.11 Å². The number of aryl methyl sites for hydroxylation is 1. The summed E-state index contributed by atoms with van der Waals surface area (Å²) in [5.74, 6) is -0.697. The molecular formula is C20H20N2O3. The Balaban J connectivity index is 2.24. The highest BCUT2D eigenvalue weighted by molar-refractivity contribution is 6.11. The van der Waals surface area contributed by atoms with Crippen LogP contribution in [0.5, 0.6) is 5.88 Å². The van der Waals surface area contributed by atoms with Crippen molar-refractivity contribution in [1.82, 2.24) is 4.57 Å². The molecule has 0 amide bonds. The molecule has 25 heavy (non-hydrogen) atoms. The SMILES string of the molecule is Cc1ccc(C(=O)c2c(C)c(C#N)c(=O)n(C3CCCC3)c2O)cc1. The number of benzene rings is 1. The van der Waals surface area contributed by atoms with E-state index in [1.807, 2.05) is 25.1 Å². The summed E-state index contributed by atoms with van der Waals surface area (Å²) in [6.45, 7) is 3.46. The Morgan fingerprint density at radius 3 is 2.36 bits per heavy atom. The third kappa shape index (κ3) is 2.85. The third-order valence-corrected chi connectivity index (χ3v) is 4.98. The van der Waals surface area contributed by atoms with E-state index >= 15 is 0 Å². The Morgan fingerprint density at radius 1 is 1.20 bits per heavy atom. The average molecular weight is 336 g/mol. The Labute approximate surface area is 146 Å². The highest BCUT2D eigenvalue weighted by Gasteiger charge is 2.29. The lowest BCUT2D eigenvalue weighted by atomic mass is 9.96. The third-order valence-electron chi connectivity index (χ3n) is 4.98. The molecule has 1 saturated carbocycles. The molecule has 1 aromatic carbocycles. The fourth-order valence-corrected chi connectivity index (χ4v) is 3.54. The van der Waals surface area contributed by atoms with Crippen molar-refractivity contribution in [2.75, 3.05) is 0 Å². The lowest BCUT2D eigenvalue weighted by Gasteiger charge is -2.20. The van der Waals surface area contributed by atoms with E-state index in [0.29, 0.717) is 5.56 Å². The van der Waals surface area contributed by atoms with Crippen LogP contribution in [0, 0.1) is 25.2 Å². The summed E-state index contributed by atoms with van der Waals surface area (Å²) in [5.41, 5.74) is 1.15. The summed E-state index contributed by atoms with van der Waals surface area (Å²) in [7, 11) is 0. The number of hydrogen-bond acceptors (Lipinski definition) is 4. The van der Waals surface area contributed by atoms with Gasteiger partial charge in [0.25, 0.3) is 5.56 Å². The van der Waals surface area contributed by atoms with Crippen molar-refractivity contribution in [2.45, 2.75) is 45.6 Å². The molecule has 3 rings (SSSR count). The molecule has 1 aliphatic carbocycles. The van der Waals surface area contributed by atoms with E-state index in [4.69, 9.17) is 0 Å². The summed E-state index contributed by atoms with van der Waals surface area (Å²) in [4.78, 5) is 25.6. The van der Waals surface area contributed by atoms with Crippen LogP contribution >= 0.6 is 0 Å². The van der Waals surface area contributed by atoms with E-state index in [1.165, 1.54) is 4.57 Å². The van der Waals surface area contributed by atoms with Crippen molar-refractivity contribution < 1.29 is 9.90 Å². The Kier molecular flexibility index (Phi) is 4.45. The molecule has 0 aliphatic heterocycles. The highest BCUT2D eigenvalue weighted by atomic mass is 16.3. The van der Waals surface area contributed by atoms with Gasteiger partial charge in [0.05, 0.1) is 5.56 Å². The van der Waals surface area contributed by atoms with Crippen LogP contribution in [0.2, 0.25) is 0 Å². The maximum atomic E-state index is 13.0. The van der Waals surface area contributed by atoms with Gasteiger partial charge in [0.2, 0.25) is 5.88 Å². The zero-order chi connectivity index (χ0) is 18.1. The first-order chi connectivity index (χ1) is 12.0. The van der Waals surface area contributed by atoms with Gasteiger partial charge in [-0.25, -0.2) is 0 Å². The van der Waals surface area contributed by atoms with Crippen LogP contribution in [-0.2, 0) is 0 Å². The second kappa shape index (κ2) is 6.56. The fourth-order valence-electron chi connectivity index (χ4n) is 3.54. The first-order valence-corrected chi connectivity index (χ1v) is 8.45. The molecular weight excluding hydrogens is 316 g/mol. The molecule has 128 valence electrons. The van der Waals surface area contributed by atoms with E-state index in [2.05, 4.69) is 0 Å². The number of carbonyl (C=O) groups is 1. The quantitative estimate of drug-likeness (QED) is 0.871. The van der Waals surface area contributed by atoms with E-state index in [-0.39, 0.29) is 34.4 Å². The largest absolute Gasteiger partial charge is 0.494 e. The predicted molar refractivity (Wildman–Crippen MR) is 93.9 cm³/mol. The molecule has 0 unspecified atom stereocenters. The summed E-state index contributed by atoms with van der Waals surface area (Å²) in [6.07, 6.45) is 3.46. The zero-order valence-electron chi connectivity index (χ0n) is 14.4. The molecule has 2 aromatic rings. The summed E-state index contributed by atoms with van der Waals surface area (Å²) < 4.78 is 1.25. The van der Waals surface area contributed by atoms with Gasteiger partial charge in [-0.05, 0) is 32.3 Å². The second-order valence-electron chi connectivity index (χ2n) is 6.62. The van der Waals surface area contributed by atoms with Crippen LogP contribution in [0.15, 0.2) is 29.1 Å². The maximum Gasteiger partial charge on any atom is 0.271 e.